The lowest BCUT2D eigenvalue weighted by atomic mass is 9.83. The van der Waals surface area contributed by atoms with E-state index in [2.05, 4.69) is 4.90 Å². The van der Waals surface area contributed by atoms with Crippen LogP contribution in [0, 0.1) is 0 Å². The number of hydrogen-bond donors (Lipinski definition) is 1. The molecule has 2 fully saturated rings. The number of hydrogen-bond acceptors (Lipinski definition) is 8. The summed E-state index contributed by atoms with van der Waals surface area (Å²) in [4.78, 5) is 28.4. The van der Waals surface area contributed by atoms with Gasteiger partial charge in [-0.25, -0.2) is 0 Å². The third-order valence-electron chi connectivity index (χ3n) is 6.31. The van der Waals surface area contributed by atoms with E-state index in [-0.39, 0.29) is 11.7 Å². The second-order valence-electron chi connectivity index (χ2n) is 9.01. The first kappa shape index (κ1) is 23.5. The average Bonchev–Trinajstić information content (AvgIpc) is 2.80. The number of esters is 1. The quantitative estimate of drug-likeness (QED) is 0.536. The Morgan fingerprint density at radius 2 is 1.73 bits per heavy atom. The van der Waals surface area contributed by atoms with Gasteiger partial charge >= 0.3 is 5.97 Å². The molecule has 9 nitrogen and oxygen atoms in total. The number of aromatic hydroxyl groups is 1. The van der Waals surface area contributed by atoms with Crippen LogP contribution in [0.15, 0.2) is 18.2 Å². The van der Waals surface area contributed by atoms with Gasteiger partial charge in [-0.3, -0.25) is 14.5 Å². The minimum absolute atomic E-state index is 0.0164. The predicted molar refractivity (Wildman–Crippen MR) is 120 cm³/mol. The number of nitrogens with zero attached hydrogens (tertiary/aromatic N) is 2. The van der Waals surface area contributed by atoms with Crippen LogP contribution in [0.1, 0.15) is 37.9 Å². The second-order valence-corrected chi connectivity index (χ2v) is 9.01. The van der Waals surface area contributed by atoms with E-state index in [0.29, 0.717) is 69.5 Å². The SMILES string of the molecule is CC(=O)O[C@H]1[C@@H](N2CCOCC2)c2c(ccc(/C=C/C(=O)N3CCOCC3)c2O)OC1(C)C. The highest BCUT2D eigenvalue weighted by Crippen LogP contribution is 2.49. The van der Waals surface area contributed by atoms with Gasteiger partial charge < -0.3 is 29.0 Å². The molecule has 0 spiro atoms. The number of phenolic OH excluding ortho intramolecular Hbond substituents is 1. The Labute approximate surface area is 193 Å². The number of morpholine rings is 2. The van der Waals surface area contributed by atoms with E-state index in [9.17, 15) is 14.7 Å². The summed E-state index contributed by atoms with van der Waals surface area (Å²) in [5.74, 6) is 0.0112. The van der Waals surface area contributed by atoms with Crippen molar-refractivity contribution in [3.8, 4) is 11.5 Å². The molecule has 0 unspecified atom stereocenters. The fourth-order valence-electron chi connectivity index (χ4n) is 4.65. The van der Waals surface area contributed by atoms with Gasteiger partial charge in [0.2, 0.25) is 5.91 Å². The second kappa shape index (κ2) is 9.70. The summed E-state index contributed by atoms with van der Waals surface area (Å²) >= 11 is 0. The molecule has 1 amide bonds. The van der Waals surface area contributed by atoms with Crippen molar-refractivity contribution in [1.82, 2.24) is 9.80 Å². The summed E-state index contributed by atoms with van der Waals surface area (Å²) < 4.78 is 22.8. The molecule has 2 saturated heterocycles. The Kier molecular flexibility index (Phi) is 6.92. The molecule has 1 N–H and O–H groups in total. The lowest BCUT2D eigenvalue weighted by Crippen LogP contribution is -2.57. The maximum atomic E-state index is 12.5. The number of carbonyl (C=O) groups excluding carboxylic acids is 2. The molecule has 33 heavy (non-hydrogen) atoms. The maximum Gasteiger partial charge on any atom is 0.303 e. The van der Waals surface area contributed by atoms with Crippen molar-refractivity contribution in [1.29, 1.82) is 0 Å². The molecule has 3 aliphatic rings. The van der Waals surface area contributed by atoms with Gasteiger partial charge in [0.05, 0.1) is 38.0 Å². The smallest absolute Gasteiger partial charge is 0.303 e. The molecule has 0 bridgehead atoms. The van der Waals surface area contributed by atoms with Crippen molar-refractivity contribution in [2.24, 2.45) is 0 Å². The van der Waals surface area contributed by atoms with Gasteiger partial charge in [0.25, 0.3) is 0 Å². The van der Waals surface area contributed by atoms with Gasteiger partial charge in [0.1, 0.15) is 17.1 Å². The molecule has 0 aliphatic carbocycles. The van der Waals surface area contributed by atoms with Gasteiger partial charge in [0.15, 0.2) is 6.10 Å². The van der Waals surface area contributed by atoms with Crippen LogP contribution < -0.4 is 4.74 Å². The number of ether oxygens (including phenoxy) is 4. The summed E-state index contributed by atoms with van der Waals surface area (Å²) in [6, 6.07) is 3.11. The highest BCUT2D eigenvalue weighted by Gasteiger charge is 2.50. The van der Waals surface area contributed by atoms with E-state index in [0.717, 1.165) is 0 Å². The molecule has 3 heterocycles. The van der Waals surface area contributed by atoms with Gasteiger partial charge in [-0.2, -0.15) is 0 Å². The zero-order valence-electron chi connectivity index (χ0n) is 19.4. The van der Waals surface area contributed by atoms with Crippen LogP contribution in [-0.2, 0) is 23.8 Å². The molecular weight excluding hydrogens is 428 g/mol. The summed E-state index contributed by atoms with van der Waals surface area (Å²) in [6.45, 7) is 9.63. The lowest BCUT2D eigenvalue weighted by molar-refractivity contribution is -0.172. The van der Waals surface area contributed by atoms with Crippen molar-refractivity contribution in [2.45, 2.75) is 38.5 Å². The van der Waals surface area contributed by atoms with Crippen molar-refractivity contribution >= 4 is 18.0 Å². The highest BCUT2D eigenvalue weighted by molar-refractivity contribution is 5.92. The standard InChI is InChI=1S/C24H32N2O7/c1-16(27)32-23-21(26-10-14-31-15-11-26)20-18(33-24(23,2)3)6-4-17(22(20)29)5-7-19(28)25-8-12-30-13-9-25/h4-7,21,23,29H,8-15H2,1-3H3/b7-5+/t21-,23-/m0/s1. The van der Waals surface area contributed by atoms with Crippen LogP contribution in [-0.4, -0.2) is 91.1 Å². The van der Waals surface area contributed by atoms with Crippen LogP contribution in [0.25, 0.3) is 6.08 Å². The first-order valence-electron chi connectivity index (χ1n) is 11.4. The number of rotatable bonds is 4. The molecule has 2 atom stereocenters. The first-order chi connectivity index (χ1) is 15.8. The summed E-state index contributed by atoms with van der Waals surface area (Å²) in [7, 11) is 0. The zero-order valence-corrected chi connectivity index (χ0v) is 19.4. The monoisotopic (exact) mass is 460 g/mol. The predicted octanol–water partition coefficient (Wildman–Crippen LogP) is 1.74. The first-order valence-corrected chi connectivity index (χ1v) is 11.4. The third-order valence-corrected chi connectivity index (χ3v) is 6.31. The molecule has 9 heteroatoms. The average molecular weight is 461 g/mol. The minimum Gasteiger partial charge on any atom is -0.507 e. The van der Waals surface area contributed by atoms with Crippen molar-refractivity contribution in [2.75, 3.05) is 52.6 Å². The van der Waals surface area contributed by atoms with Gasteiger partial charge in [-0.15, -0.1) is 0 Å². The van der Waals surface area contributed by atoms with Crippen LogP contribution in [0.3, 0.4) is 0 Å². The minimum atomic E-state index is -0.808. The number of fused-ring (bicyclic) bond motifs is 1. The summed E-state index contributed by atoms with van der Waals surface area (Å²) in [5.41, 5.74) is 0.250. The van der Waals surface area contributed by atoms with Crippen molar-refractivity contribution in [3.63, 3.8) is 0 Å². The Morgan fingerprint density at radius 3 is 2.36 bits per heavy atom. The molecular formula is C24H32N2O7. The summed E-state index contributed by atoms with van der Waals surface area (Å²) in [6.07, 6.45) is 2.44. The summed E-state index contributed by atoms with van der Waals surface area (Å²) in [5, 5.41) is 11.3. The number of carbonyl (C=O) groups is 2. The van der Waals surface area contributed by atoms with Crippen molar-refractivity contribution < 1.29 is 33.6 Å². The van der Waals surface area contributed by atoms with E-state index in [1.807, 2.05) is 13.8 Å². The molecule has 4 rings (SSSR count). The van der Waals surface area contributed by atoms with Gasteiger partial charge in [0, 0.05) is 44.7 Å². The Morgan fingerprint density at radius 1 is 1.09 bits per heavy atom. The zero-order chi connectivity index (χ0) is 23.6. The normalized spacial score (nSPS) is 25.4. The van der Waals surface area contributed by atoms with E-state index in [1.165, 1.54) is 13.0 Å². The lowest BCUT2D eigenvalue weighted by Gasteiger charge is -2.48. The topological polar surface area (TPSA) is 97.8 Å². The van der Waals surface area contributed by atoms with E-state index in [1.54, 1.807) is 23.1 Å². The fourth-order valence-corrected chi connectivity index (χ4v) is 4.65. The van der Waals surface area contributed by atoms with Gasteiger partial charge in [-0.1, -0.05) is 0 Å². The number of phenols is 1. The largest absolute Gasteiger partial charge is 0.507 e. The molecule has 180 valence electrons. The number of benzene rings is 1. The Hall–Kier alpha value is -2.62. The van der Waals surface area contributed by atoms with Gasteiger partial charge in [-0.05, 0) is 32.1 Å². The molecule has 1 aromatic rings. The van der Waals surface area contributed by atoms with E-state index >= 15 is 0 Å². The number of amides is 1. The van der Waals surface area contributed by atoms with Crippen LogP contribution >= 0.6 is 0 Å². The van der Waals surface area contributed by atoms with Crippen LogP contribution in [0.4, 0.5) is 0 Å². The molecule has 0 aromatic heterocycles. The Bertz CT molecular complexity index is 918. The van der Waals surface area contributed by atoms with Crippen LogP contribution in [0.5, 0.6) is 11.5 Å². The highest BCUT2D eigenvalue weighted by atomic mass is 16.6. The maximum absolute atomic E-state index is 12.5. The molecule has 1 aromatic carbocycles. The van der Waals surface area contributed by atoms with Crippen molar-refractivity contribution in [3.05, 3.63) is 29.3 Å². The van der Waals surface area contributed by atoms with Crippen LogP contribution in [0.2, 0.25) is 0 Å². The third kappa shape index (κ3) is 5.00. The Balaban J connectivity index is 1.70. The molecule has 3 aliphatic heterocycles. The molecule has 0 radical (unpaired) electrons. The fraction of sp³-hybridized carbons (Fsp3) is 0.583. The van der Waals surface area contributed by atoms with E-state index in [4.69, 9.17) is 18.9 Å². The van der Waals surface area contributed by atoms with E-state index < -0.39 is 23.7 Å². The molecule has 0 saturated carbocycles.